The van der Waals surface area contributed by atoms with Gasteiger partial charge in [0.1, 0.15) is 23.4 Å². The predicted octanol–water partition coefficient (Wildman–Crippen LogP) is 4.79. The highest BCUT2D eigenvalue weighted by Gasteiger charge is 2.18. The summed E-state index contributed by atoms with van der Waals surface area (Å²) in [6, 6.07) is 9.61. The molecule has 3 aromatic heterocycles. The number of anilines is 1. The van der Waals surface area contributed by atoms with Crippen molar-refractivity contribution in [3.05, 3.63) is 64.5 Å². The minimum absolute atomic E-state index is 0.0118. The first-order valence-electron chi connectivity index (χ1n) is 10.9. The van der Waals surface area contributed by atoms with E-state index in [2.05, 4.69) is 25.5 Å². The fraction of sp³-hybridized carbons (Fsp3) is 0.250. The molecule has 4 heterocycles. The third kappa shape index (κ3) is 4.51. The summed E-state index contributed by atoms with van der Waals surface area (Å²) < 4.78 is 6.15. The van der Waals surface area contributed by atoms with Crippen LogP contribution in [-0.4, -0.2) is 45.7 Å². The SMILES string of the molecule is C[C@@H](Oc1ccc2[nH]nc(-c3ccc(N4CCCNC(=O)C4)nc3)c2c1)c1c(Cl)cncc1Cl. The molecule has 1 amide bonds. The molecule has 1 atom stereocenters. The quantitative estimate of drug-likeness (QED) is 0.412. The van der Waals surface area contributed by atoms with Gasteiger partial charge in [0, 0.05) is 48.2 Å². The van der Waals surface area contributed by atoms with Crippen molar-refractivity contribution in [3.8, 4) is 17.0 Å². The summed E-state index contributed by atoms with van der Waals surface area (Å²) >= 11 is 12.6. The van der Waals surface area contributed by atoms with Gasteiger partial charge in [-0.25, -0.2) is 4.98 Å². The Morgan fingerprint density at radius 3 is 2.71 bits per heavy atom. The van der Waals surface area contributed by atoms with E-state index >= 15 is 0 Å². The van der Waals surface area contributed by atoms with Crippen LogP contribution < -0.4 is 15.0 Å². The topological polar surface area (TPSA) is 96.0 Å². The average molecular weight is 497 g/mol. The molecule has 1 aliphatic rings. The molecule has 10 heteroatoms. The van der Waals surface area contributed by atoms with E-state index in [0.29, 0.717) is 34.4 Å². The van der Waals surface area contributed by atoms with E-state index < -0.39 is 0 Å². The Morgan fingerprint density at radius 1 is 1.12 bits per heavy atom. The Kier molecular flexibility index (Phi) is 6.26. The number of aromatic nitrogens is 4. The molecule has 0 spiro atoms. The molecular weight excluding hydrogens is 475 g/mol. The number of ether oxygens (including phenoxy) is 1. The van der Waals surface area contributed by atoms with Crippen LogP contribution in [0, 0.1) is 0 Å². The van der Waals surface area contributed by atoms with Crippen LogP contribution in [0.2, 0.25) is 10.0 Å². The molecule has 0 radical (unpaired) electrons. The maximum absolute atomic E-state index is 11.9. The Balaban J connectivity index is 1.40. The van der Waals surface area contributed by atoms with Crippen LogP contribution in [0.1, 0.15) is 25.0 Å². The van der Waals surface area contributed by atoms with Crippen LogP contribution in [0.15, 0.2) is 48.9 Å². The molecule has 1 saturated heterocycles. The number of fused-ring (bicyclic) bond motifs is 1. The normalized spacial score (nSPS) is 15.1. The number of hydrogen-bond donors (Lipinski definition) is 2. The Labute approximate surface area is 206 Å². The minimum Gasteiger partial charge on any atom is -0.486 e. The van der Waals surface area contributed by atoms with Gasteiger partial charge in [-0.2, -0.15) is 5.10 Å². The number of carbonyl (C=O) groups excluding carboxylic acids is 1. The minimum atomic E-state index is -0.373. The van der Waals surface area contributed by atoms with Crippen LogP contribution >= 0.6 is 23.2 Å². The number of carbonyl (C=O) groups is 1. The van der Waals surface area contributed by atoms with Gasteiger partial charge in [0.15, 0.2) is 0 Å². The van der Waals surface area contributed by atoms with E-state index in [4.69, 9.17) is 27.9 Å². The zero-order valence-electron chi connectivity index (χ0n) is 18.4. The molecule has 2 N–H and O–H groups in total. The van der Waals surface area contributed by atoms with Gasteiger partial charge in [0.05, 0.1) is 22.1 Å². The van der Waals surface area contributed by atoms with Crippen molar-refractivity contribution < 1.29 is 9.53 Å². The van der Waals surface area contributed by atoms with Crippen molar-refractivity contribution in [2.75, 3.05) is 24.5 Å². The molecule has 174 valence electrons. The summed E-state index contributed by atoms with van der Waals surface area (Å²) in [5, 5.41) is 12.3. The van der Waals surface area contributed by atoms with Crippen LogP contribution in [-0.2, 0) is 4.79 Å². The van der Waals surface area contributed by atoms with Crippen LogP contribution in [0.25, 0.3) is 22.2 Å². The summed E-state index contributed by atoms with van der Waals surface area (Å²) in [5.74, 6) is 1.44. The average Bonchev–Trinajstić information content (AvgIpc) is 3.11. The first kappa shape index (κ1) is 22.4. The first-order chi connectivity index (χ1) is 16.5. The number of pyridine rings is 2. The Morgan fingerprint density at radius 2 is 1.94 bits per heavy atom. The number of benzene rings is 1. The molecule has 8 nitrogen and oxygen atoms in total. The lowest BCUT2D eigenvalue weighted by Crippen LogP contribution is -2.33. The van der Waals surface area contributed by atoms with E-state index in [1.54, 1.807) is 18.6 Å². The van der Waals surface area contributed by atoms with Crippen molar-refractivity contribution >= 4 is 45.8 Å². The number of nitrogens with zero attached hydrogens (tertiary/aromatic N) is 4. The molecule has 1 aromatic carbocycles. The van der Waals surface area contributed by atoms with Crippen molar-refractivity contribution in [1.82, 2.24) is 25.5 Å². The number of hydrogen-bond acceptors (Lipinski definition) is 6. The summed E-state index contributed by atoms with van der Waals surface area (Å²) in [6.07, 6.45) is 5.39. The van der Waals surface area contributed by atoms with Crippen LogP contribution in [0.4, 0.5) is 5.82 Å². The van der Waals surface area contributed by atoms with Gasteiger partial charge in [-0.05, 0) is 43.7 Å². The van der Waals surface area contributed by atoms with E-state index in [0.717, 1.165) is 40.9 Å². The molecule has 34 heavy (non-hydrogen) atoms. The fourth-order valence-electron chi connectivity index (χ4n) is 4.07. The highest BCUT2D eigenvalue weighted by atomic mass is 35.5. The number of halogens is 2. The number of aromatic amines is 1. The molecule has 4 aromatic rings. The van der Waals surface area contributed by atoms with E-state index in [1.165, 1.54) is 0 Å². The third-order valence-electron chi connectivity index (χ3n) is 5.75. The van der Waals surface area contributed by atoms with Crippen molar-refractivity contribution in [3.63, 3.8) is 0 Å². The van der Waals surface area contributed by atoms with Gasteiger partial charge in [-0.15, -0.1) is 0 Å². The van der Waals surface area contributed by atoms with Gasteiger partial charge in [-0.1, -0.05) is 23.2 Å². The summed E-state index contributed by atoms with van der Waals surface area (Å²) in [6.45, 7) is 3.66. The lowest BCUT2D eigenvalue weighted by molar-refractivity contribution is -0.119. The zero-order valence-corrected chi connectivity index (χ0v) is 19.9. The summed E-state index contributed by atoms with van der Waals surface area (Å²) in [4.78, 5) is 22.5. The van der Waals surface area contributed by atoms with Gasteiger partial charge in [0.2, 0.25) is 5.91 Å². The number of nitrogens with one attached hydrogen (secondary N) is 2. The zero-order chi connectivity index (χ0) is 23.7. The second kappa shape index (κ2) is 9.48. The van der Waals surface area contributed by atoms with Gasteiger partial charge in [-0.3, -0.25) is 14.9 Å². The molecule has 0 bridgehead atoms. The summed E-state index contributed by atoms with van der Waals surface area (Å²) in [5.41, 5.74) is 3.19. The Hall–Kier alpha value is -3.36. The molecule has 5 rings (SSSR count). The highest BCUT2D eigenvalue weighted by Crippen LogP contribution is 2.35. The number of rotatable bonds is 5. The molecule has 1 fully saturated rings. The molecule has 0 unspecified atom stereocenters. The monoisotopic (exact) mass is 496 g/mol. The standard InChI is InChI=1S/C24H22Cl2N6O2/c1-14(23-18(25)11-27-12-19(23)26)34-16-4-5-20-17(9-16)24(31-30-20)15-3-6-21(29-10-15)32-8-2-7-28-22(33)13-32/h3-6,9-12,14H,2,7-8,13H2,1H3,(H,28,33)(H,30,31)/t14-/m1/s1. The van der Waals surface area contributed by atoms with Gasteiger partial charge < -0.3 is 15.0 Å². The lowest BCUT2D eigenvalue weighted by atomic mass is 10.1. The predicted molar refractivity (Wildman–Crippen MR) is 132 cm³/mol. The van der Waals surface area contributed by atoms with Crippen molar-refractivity contribution in [2.24, 2.45) is 0 Å². The van der Waals surface area contributed by atoms with Crippen LogP contribution in [0.5, 0.6) is 5.75 Å². The molecule has 0 aliphatic carbocycles. The molecule has 0 saturated carbocycles. The first-order valence-corrected chi connectivity index (χ1v) is 11.7. The van der Waals surface area contributed by atoms with E-state index in [-0.39, 0.29) is 12.0 Å². The largest absolute Gasteiger partial charge is 0.486 e. The lowest BCUT2D eigenvalue weighted by Gasteiger charge is -2.20. The summed E-state index contributed by atoms with van der Waals surface area (Å²) in [7, 11) is 0. The molecular formula is C24H22Cl2N6O2. The number of H-pyrrole nitrogens is 1. The smallest absolute Gasteiger partial charge is 0.239 e. The second-order valence-electron chi connectivity index (χ2n) is 8.09. The highest BCUT2D eigenvalue weighted by molar-refractivity contribution is 6.35. The Bertz CT molecular complexity index is 1320. The second-order valence-corrected chi connectivity index (χ2v) is 8.90. The third-order valence-corrected chi connectivity index (χ3v) is 6.35. The van der Waals surface area contributed by atoms with Gasteiger partial charge in [0.25, 0.3) is 0 Å². The van der Waals surface area contributed by atoms with Crippen molar-refractivity contribution in [1.29, 1.82) is 0 Å². The van der Waals surface area contributed by atoms with Gasteiger partial charge >= 0.3 is 0 Å². The fourth-order valence-corrected chi connectivity index (χ4v) is 4.75. The maximum atomic E-state index is 11.9. The molecule has 1 aliphatic heterocycles. The van der Waals surface area contributed by atoms with E-state index in [9.17, 15) is 4.79 Å². The van der Waals surface area contributed by atoms with E-state index in [1.807, 2.05) is 42.2 Å². The number of amides is 1. The van der Waals surface area contributed by atoms with Crippen molar-refractivity contribution in [2.45, 2.75) is 19.4 Å². The maximum Gasteiger partial charge on any atom is 0.239 e. The van der Waals surface area contributed by atoms with Crippen LogP contribution in [0.3, 0.4) is 0 Å².